The summed E-state index contributed by atoms with van der Waals surface area (Å²) in [5, 5.41) is 2.55. The Balaban J connectivity index is 0.00000110. The molecule has 0 aliphatic heterocycles. The Morgan fingerprint density at radius 2 is 1.65 bits per heavy atom. The van der Waals surface area contributed by atoms with Gasteiger partial charge in [0.15, 0.2) is 0 Å². The van der Waals surface area contributed by atoms with Crippen molar-refractivity contribution in [3.63, 3.8) is 0 Å². The van der Waals surface area contributed by atoms with Gasteiger partial charge < -0.3 is 19.6 Å². The summed E-state index contributed by atoms with van der Waals surface area (Å²) in [6.45, 7) is 9.76. The fourth-order valence-electron chi connectivity index (χ4n) is 2.33. The van der Waals surface area contributed by atoms with Crippen molar-refractivity contribution in [2.75, 3.05) is 19.6 Å². The lowest BCUT2D eigenvalue weighted by Gasteiger charge is -2.22. The second-order valence-corrected chi connectivity index (χ2v) is 8.59. The molecule has 0 fully saturated rings. The highest BCUT2D eigenvalue weighted by Gasteiger charge is 2.43. The van der Waals surface area contributed by atoms with Crippen LogP contribution in [0.2, 0.25) is 0 Å². The SMILES string of the molecule is CCN(CC)CCCC(C)(NCc1ccccc1)[P+](=O)O.O=P(O)(O)O. The molecule has 1 aromatic carbocycles. The number of phosphoric acid groups is 1. The van der Waals surface area contributed by atoms with Gasteiger partial charge in [0.2, 0.25) is 5.28 Å². The number of nitrogens with one attached hydrogen (secondary N) is 1. The van der Waals surface area contributed by atoms with Crippen molar-refractivity contribution >= 4 is 15.9 Å². The maximum atomic E-state index is 11.7. The molecule has 10 heteroatoms. The minimum absolute atomic E-state index is 0.615. The summed E-state index contributed by atoms with van der Waals surface area (Å²) >= 11 is 0. The van der Waals surface area contributed by atoms with Gasteiger partial charge in [-0.15, -0.1) is 0 Å². The van der Waals surface area contributed by atoms with Gasteiger partial charge in [0, 0.05) is 19.9 Å². The van der Waals surface area contributed by atoms with Gasteiger partial charge in [0.25, 0.3) is 0 Å². The van der Waals surface area contributed by atoms with Crippen molar-refractivity contribution in [2.24, 2.45) is 0 Å². The van der Waals surface area contributed by atoms with Gasteiger partial charge in [-0.1, -0.05) is 44.2 Å². The fraction of sp³-hybridized carbons (Fsp3) is 0.625. The van der Waals surface area contributed by atoms with Crippen LogP contribution in [-0.4, -0.2) is 49.4 Å². The zero-order valence-electron chi connectivity index (χ0n) is 15.6. The van der Waals surface area contributed by atoms with Crippen molar-refractivity contribution < 1.29 is 28.7 Å². The number of benzene rings is 1. The van der Waals surface area contributed by atoms with E-state index in [9.17, 15) is 9.46 Å². The van der Waals surface area contributed by atoms with Crippen LogP contribution in [0.3, 0.4) is 0 Å². The zero-order valence-corrected chi connectivity index (χ0v) is 17.4. The number of rotatable bonds is 10. The van der Waals surface area contributed by atoms with Crippen LogP contribution in [0.4, 0.5) is 0 Å². The van der Waals surface area contributed by atoms with E-state index in [4.69, 9.17) is 19.2 Å². The molecule has 0 bridgehead atoms. The lowest BCUT2D eigenvalue weighted by Crippen LogP contribution is -2.39. The van der Waals surface area contributed by atoms with E-state index < -0.39 is 21.1 Å². The van der Waals surface area contributed by atoms with Crippen molar-refractivity contribution in [1.82, 2.24) is 10.2 Å². The summed E-state index contributed by atoms with van der Waals surface area (Å²) in [5.41, 5.74) is 1.13. The van der Waals surface area contributed by atoms with E-state index in [2.05, 4.69) is 24.1 Å². The Kier molecular flexibility index (Phi) is 12.3. The third-order valence-corrected chi connectivity index (χ3v) is 5.20. The monoisotopic (exact) mass is 409 g/mol. The first-order valence-electron chi connectivity index (χ1n) is 8.47. The molecule has 1 rings (SSSR count). The maximum absolute atomic E-state index is 11.7. The van der Waals surface area contributed by atoms with Gasteiger partial charge in [-0.25, -0.2) is 4.57 Å². The standard InChI is InChI=1S/C16H27N2O2P.H3O4P/c1-4-18(5-2)13-9-12-16(3,21(19)20)17-14-15-10-7-6-8-11-15;1-5(2,3)4/h6-8,10-11,17H,4-5,9,12-14H2,1-3H3;(H3,1,2,3,4)/p+1. The van der Waals surface area contributed by atoms with Crippen LogP contribution in [0.5, 0.6) is 0 Å². The van der Waals surface area contributed by atoms with E-state index in [1.54, 1.807) is 0 Å². The Bertz CT molecular complexity index is 557. The van der Waals surface area contributed by atoms with Gasteiger partial charge in [0.05, 0.1) is 0 Å². The first-order chi connectivity index (χ1) is 12.0. The first-order valence-corrected chi connectivity index (χ1v) is 11.3. The molecule has 8 nitrogen and oxygen atoms in total. The maximum Gasteiger partial charge on any atom is 0.527 e. The molecule has 0 heterocycles. The molecule has 0 saturated heterocycles. The molecule has 0 aliphatic carbocycles. The summed E-state index contributed by atoms with van der Waals surface area (Å²) < 4.78 is 20.6. The highest BCUT2D eigenvalue weighted by molar-refractivity contribution is 7.45. The largest absolute Gasteiger partial charge is 0.527 e. The molecular formula is C16H31N2O6P2+. The number of hydrogen-bond donors (Lipinski definition) is 5. The fourth-order valence-corrected chi connectivity index (χ4v) is 2.89. The van der Waals surface area contributed by atoms with Crippen LogP contribution in [-0.2, 0) is 15.7 Å². The summed E-state index contributed by atoms with van der Waals surface area (Å²) in [4.78, 5) is 33.6. The lowest BCUT2D eigenvalue weighted by molar-refractivity contribution is 0.275. The second kappa shape index (κ2) is 12.7. The molecule has 0 amide bonds. The predicted octanol–water partition coefficient (Wildman–Crippen LogP) is 2.42. The summed E-state index contributed by atoms with van der Waals surface area (Å²) in [7, 11) is -6.90. The molecule has 0 aromatic heterocycles. The van der Waals surface area contributed by atoms with E-state index in [1.165, 1.54) is 0 Å². The molecule has 1 aromatic rings. The second-order valence-electron chi connectivity index (χ2n) is 6.03. The van der Waals surface area contributed by atoms with E-state index >= 15 is 0 Å². The van der Waals surface area contributed by atoms with Crippen molar-refractivity contribution in [3.8, 4) is 0 Å². The number of hydrogen-bond acceptors (Lipinski definition) is 4. The van der Waals surface area contributed by atoms with Gasteiger partial charge in [-0.2, -0.15) is 4.89 Å². The first kappa shape index (κ1) is 25.3. The van der Waals surface area contributed by atoms with Crippen LogP contribution in [0.15, 0.2) is 30.3 Å². The summed E-state index contributed by atoms with van der Waals surface area (Å²) in [6, 6.07) is 9.97. The predicted molar refractivity (Wildman–Crippen MR) is 103 cm³/mol. The molecule has 2 atom stereocenters. The van der Waals surface area contributed by atoms with Gasteiger partial charge in [0.1, 0.15) is 0 Å². The molecule has 2 unspecified atom stereocenters. The average Bonchev–Trinajstić information content (AvgIpc) is 2.56. The quantitative estimate of drug-likeness (QED) is 0.373. The minimum Gasteiger partial charge on any atom is -0.304 e. The van der Waals surface area contributed by atoms with Gasteiger partial charge in [-0.3, -0.25) is 5.32 Å². The molecule has 0 saturated carbocycles. The molecule has 0 spiro atoms. The summed E-state index contributed by atoms with van der Waals surface area (Å²) in [5.74, 6) is 0. The third kappa shape index (κ3) is 12.6. The normalized spacial score (nSPS) is 14.4. The molecule has 26 heavy (non-hydrogen) atoms. The van der Waals surface area contributed by atoms with E-state index in [0.717, 1.165) is 31.6 Å². The van der Waals surface area contributed by atoms with Crippen LogP contribution >= 0.6 is 15.9 Å². The Labute approximate surface area is 156 Å². The molecule has 0 aliphatic rings. The lowest BCUT2D eigenvalue weighted by atomic mass is 10.1. The molecule has 0 radical (unpaired) electrons. The Morgan fingerprint density at radius 1 is 1.15 bits per heavy atom. The van der Waals surface area contributed by atoms with Crippen molar-refractivity contribution in [2.45, 2.75) is 45.4 Å². The van der Waals surface area contributed by atoms with Crippen LogP contribution in [0.1, 0.15) is 39.2 Å². The smallest absolute Gasteiger partial charge is 0.304 e. The molecule has 150 valence electrons. The third-order valence-electron chi connectivity index (χ3n) is 3.97. The van der Waals surface area contributed by atoms with Crippen LogP contribution in [0, 0.1) is 0 Å². The van der Waals surface area contributed by atoms with Crippen molar-refractivity contribution in [1.29, 1.82) is 0 Å². The highest BCUT2D eigenvalue weighted by atomic mass is 31.2. The Hall–Kier alpha value is -0.690. The average molecular weight is 409 g/mol. The van der Waals surface area contributed by atoms with Crippen LogP contribution in [0.25, 0.3) is 0 Å². The highest BCUT2D eigenvalue weighted by Crippen LogP contribution is 2.36. The topological polar surface area (TPSA) is 130 Å². The van der Waals surface area contributed by atoms with Crippen LogP contribution < -0.4 is 5.32 Å². The number of nitrogens with zero attached hydrogens (tertiary/aromatic N) is 1. The Morgan fingerprint density at radius 3 is 2.08 bits per heavy atom. The van der Waals surface area contributed by atoms with E-state index in [-0.39, 0.29) is 0 Å². The minimum atomic E-state index is -4.64. The van der Waals surface area contributed by atoms with Gasteiger partial charge in [-0.05, 0) is 36.2 Å². The molecule has 5 N–H and O–H groups in total. The zero-order chi connectivity index (χ0) is 20.2. The molecular weight excluding hydrogens is 378 g/mol. The van der Waals surface area contributed by atoms with Gasteiger partial charge >= 0.3 is 15.9 Å². The van der Waals surface area contributed by atoms with E-state index in [0.29, 0.717) is 13.0 Å². The van der Waals surface area contributed by atoms with Crippen molar-refractivity contribution in [3.05, 3.63) is 35.9 Å². The summed E-state index contributed by atoms with van der Waals surface area (Å²) in [6.07, 6.45) is 1.61. The van der Waals surface area contributed by atoms with E-state index in [1.807, 2.05) is 37.3 Å².